The van der Waals surface area contributed by atoms with Gasteiger partial charge >= 0.3 is 0 Å². The molecule has 0 saturated carbocycles. The van der Waals surface area contributed by atoms with Gasteiger partial charge in [-0.3, -0.25) is 9.59 Å². The zero-order valence-corrected chi connectivity index (χ0v) is 19.0. The van der Waals surface area contributed by atoms with Crippen LogP contribution in [0.2, 0.25) is 0 Å². The number of carbonyl (C=O) groups excluding carboxylic acids is 2. The first-order valence-corrected chi connectivity index (χ1v) is 10.3. The lowest BCUT2D eigenvalue weighted by Gasteiger charge is -2.34. The number of piperazine rings is 1. The smallest absolute Gasteiger partial charge is 0.259 e. The molecule has 2 aromatic rings. The lowest BCUT2D eigenvalue weighted by atomic mass is 9.96. The van der Waals surface area contributed by atoms with Crippen LogP contribution in [0, 0.1) is 20.8 Å². The molecule has 2 aliphatic heterocycles. The summed E-state index contributed by atoms with van der Waals surface area (Å²) in [6.07, 6.45) is 0.318. The minimum Gasteiger partial charge on any atom is -0.340 e. The van der Waals surface area contributed by atoms with E-state index in [0.717, 1.165) is 59.7 Å². The molecule has 0 radical (unpaired) electrons. The highest BCUT2D eigenvalue weighted by Gasteiger charge is 2.40. The van der Waals surface area contributed by atoms with Crippen molar-refractivity contribution in [3.63, 3.8) is 0 Å². The Labute approximate surface area is 185 Å². The van der Waals surface area contributed by atoms with E-state index in [4.69, 9.17) is 0 Å². The van der Waals surface area contributed by atoms with Crippen LogP contribution in [0.1, 0.15) is 45.1 Å². The Morgan fingerprint density at radius 3 is 2.33 bits per heavy atom. The van der Waals surface area contributed by atoms with Gasteiger partial charge in [-0.1, -0.05) is 18.2 Å². The van der Waals surface area contributed by atoms with Crippen molar-refractivity contribution in [1.29, 1.82) is 0 Å². The lowest BCUT2D eigenvalue weighted by Crippen LogP contribution is -2.47. The number of halogens is 1. The van der Waals surface area contributed by atoms with Crippen LogP contribution in [-0.4, -0.2) is 54.8 Å². The van der Waals surface area contributed by atoms with Crippen LogP contribution in [0.15, 0.2) is 36.4 Å². The predicted molar refractivity (Wildman–Crippen MR) is 123 cm³/mol. The molecule has 0 N–H and O–H groups in total. The van der Waals surface area contributed by atoms with Crippen molar-refractivity contribution in [1.82, 2.24) is 9.80 Å². The van der Waals surface area contributed by atoms with Crippen LogP contribution in [-0.2, 0) is 4.79 Å². The molecule has 160 valence electrons. The van der Waals surface area contributed by atoms with E-state index in [1.54, 1.807) is 0 Å². The van der Waals surface area contributed by atoms with Crippen molar-refractivity contribution in [3.8, 4) is 0 Å². The predicted octanol–water partition coefficient (Wildman–Crippen LogP) is 3.90. The third-order valence-corrected chi connectivity index (χ3v) is 6.29. The third kappa shape index (κ3) is 4.09. The fourth-order valence-corrected chi connectivity index (χ4v) is 4.34. The number of hydrogen-bond acceptors (Lipinski definition) is 3. The molecule has 2 aliphatic rings. The van der Waals surface area contributed by atoms with Gasteiger partial charge in [0.2, 0.25) is 5.91 Å². The molecule has 2 amide bonds. The highest BCUT2D eigenvalue weighted by atomic mass is 35.5. The van der Waals surface area contributed by atoms with Crippen LogP contribution < -0.4 is 4.90 Å². The van der Waals surface area contributed by atoms with E-state index in [1.807, 2.05) is 54.0 Å². The summed E-state index contributed by atoms with van der Waals surface area (Å²) in [6.45, 7) is 9.41. The van der Waals surface area contributed by atoms with Gasteiger partial charge in [0, 0.05) is 37.4 Å². The maximum absolute atomic E-state index is 13.4. The fraction of sp³-hybridized carbons (Fsp3) is 0.417. The molecule has 1 atom stereocenters. The standard InChI is InChI=1S/C24H29N3O2.ClH/c1-16-6-5-7-19(12-16)27-22(15-23(28)26-10-8-25(4)9-11-26)20-13-17(2)18(3)14-21(20)24(27)29;/h5-7,12-14,22H,8-11,15H2,1-4H3;1H. The number of likely N-dealkylation sites (N-methyl/N-ethyl adjacent to an activating group) is 1. The van der Waals surface area contributed by atoms with E-state index in [0.29, 0.717) is 6.42 Å². The zero-order chi connectivity index (χ0) is 20.7. The largest absolute Gasteiger partial charge is 0.340 e. The summed E-state index contributed by atoms with van der Waals surface area (Å²) in [5.74, 6) is 0.115. The zero-order valence-electron chi connectivity index (χ0n) is 18.1. The highest BCUT2D eigenvalue weighted by Crippen LogP contribution is 2.41. The van der Waals surface area contributed by atoms with E-state index in [2.05, 4.69) is 24.9 Å². The first-order chi connectivity index (χ1) is 13.8. The summed E-state index contributed by atoms with van der Waals surface area (Å²) in [5.41, 5.74) is 5.92. The molecule has 6 heteroatoms. The molecule has 0 spiro atoms. The Morgan fingerprint density at radius 2 is 1.67 bits per heavy atom. The summed E-state index contributed by atoms with van der Waals surface area (Å²) < 4.78 is 0. The van der Waals surface area contributed by atoms with Gasteiger partial charge in [0.25, 0.3) is 5.91 Å². The van der Waals surface area contributed by atoms with Crippen molar-refractivity contribution in [3.05, 3.63) is 64.2 Å². The molecule has 1 unspecified atom stereocenters. The Balaban J connectivity index is 0.00000256. The molecule has 30 heavy (non-hydrogen) atoms. The molecule has 0 bridgehead atoms. The van der Waals surface area contributed by atoms with E-state index in [1.165, 1.54) is 0 Å². The molecular weight excluding hydrogens is 398 g/mol. The first-order valence-electron chi connectivity index (χ1n) is 10.3. The minimum absolute atomic E-state index is 0. The quantitative estimate of drug-likeness (QED) is 0.746. The SMILES string of the molecule is Cc1cccc(N2C(=O)c3cc(C)c(C)cc3C2CC(=O)N2CCN(C)CC2)c1.Cl. The number of nitrogens with zero attached hydrogens (tertiary/aromatic N) is 3. The van der Waals surface area contributed by atoms with Crippen LogP contribution in [0.5, 0.6) is 0 Å². The second-order valence-electron chi connectivity index (χ2n) is 8.44. The van der Waals surface area contributed by atoms with Crippen molar-refractivity contribution in [2.45, 2.75) is 33.2 Å². The molecular formula is C24H30ClN3O2. The number of rotatable bonds is 3. The van der Waals surface area contributed by atoms with Gasteiger partial charge in [0.1, 0.15) is 0 Å². The van der Waals surface area contributed by atoms with Gasteiger partial charge in [-0.25, -0.2) is 0 Å². The number of hydrogen-bond donors (Lipinski definition) is 0. The topological polar surface area (TPSA) is 43.9 Å². The summed E-state index contributed by atoms with van der Waals surface area (Å²) in [5, 5.41) is 0. The van der Waals surface area contributed by atoms with Crippen LogP contribution in [0.4, 0.5) is 5.69 Å². The lowest BCUT2D eigenvalue weighted by molar-refractivity contribution is -0.133. The maximum Gasteiger partial charge on any atom is 0.259 e. The summed E-state index contributed by atoms with van der Waals surface area (Å²) in [4.78, 5) is 32.5. The molecule has 0 aromatic heterocycles. The van der Waals surface area contributed by atoms with Gasteiger partial charge in [-0.15, -0.1) is 12.4 Å². The first kappa shape index (κ1) is 22.3. The Kier molecular flexibility index (Phi) is 6.53. The van der Waals surface area contributed by atoms with Gasteiger partial charge < -0.3 is 14.7 Å². The Morgan fingerprint density at radius 1 is 1.00 bits per heavy atom. The summed E-state index contributed by atoms with van der Waals surface area (Å²) in [7, 11) is 2.08. The van der Waals surface area contributed by atoms with Gasteiger partial charge in [-0.2, -0.15) is 0 Å². The minimum atomic E-state index is -0.259. The molecule has 4 rings (SSSR count). The van der Waals surface area contributed by atoms with Crippen molar-refractivity contribution < 1.29 is 9.59 Å². The van der Waals surface area contributed by atoms with Crippen molar-refractivity contribution >= 4 is 29.9 Å². The highest BCUT2D eigenvalue weighted by molar-refractivity contribution is 6.11. The molecule has 2 aromatic carbocycles. The number of benzene rings is 2. The van der Waals surface area contributed by atoms with Gasteiger partial charge in [0.15, 0.2) is 0 Å². The normalized spacial score (nSPS) is 18.9. The van der Waals surface area contributed by atoms with Crippen LogP contribution in [0.3, 0.4) is 0 Å². The van der Waals surface area contributed by atoms with Gasteiger partial charge in [-0.05, 0) is 68.3 Å². The Hall–Kier alpha value is -2.37. The molecule has 1 fully saturated rings. The molecule has 0 aliphatic carbocycles. The molecule has 1 saturated heterocycles. The molecule has 5 nitrogen and oxygen atoms in total. The average molecular weight is 428 g/mol. The van der Waals surface area contributed by atoms with Crippen LogP contribution >= 0.6 is 12.4 Å². The number of carbonyl (C=O) groups is 2. The summed E-state index contributed by atoms with van der Waals surface area (Å²) in [6, 6.07) is 11.8. The third-order valence-electron chi connectivity index (χ3n) is 6.29. The number of aryl methyl sites for hydroxylation is 3. The summed E-state index contributed by atoms with van der Waals surface area (Å²) >= 11 is 0. The average Bonchev–Trinajstić information content (AvgIpc) is 2.94. The molecule has 2 heterocycles. The van der Waals surface area contributed by atoms with E-state index in [-0.39, 0.29) is 30.3 Å². The maximum atomic E-state index is 13.4. The van der Waals surface area contributed by atoms with E-state index < -0.39 is 0 Å². The van der Waals surface area contributed by atoms with Crippen molar-refractivity contribution in [2.75, 3.05) is 38.1 Å². The number of amides is 2. The van der Waals surface area contributed by atoms with Gasteiger partial charge in [0.05, 0.1) is 12.5 Å². The van der Waals surface area contributed by atoms with Crippen LogP contribution in [0.25, 0.3) is 0 Å². The van der Waals surface area contributed by atoms with E-state index >= 15 is 0 Å². The van der Waals surface area contributed by atoms with E-state index in [9.17, 15) is 9.59 Å². The Bertz CT molecular complexity index is 967. The number of fused-ring (bicyclic) bond motifs is 1. The number of anilines is 1. The second kappa shape index (κ2) is 8.78. The fourth-order valence-electron chi connectivity index (χ4n) is 4.34. The second-order valence-corrected chi connectivity index (χ2v) is 8.44. The monoisotopic (exact) mass is 427 g/mol. The van der Waals surface area contributed by atoms with Crippen molar-refractivity contribution in [2.24, 2.45) is 0 Å².